The van der Waals surface area contributed by atoms with Crippen molar-refractivity contribution in [3.63, 3.8) is 0 Å². The highest BCUT2D eigenvalue weighted by Crippen LogP contribution is 2.19. The van der Waals surface area contributed by atoms with Gasteiger partial charge in [0.25, 0.3) is 5.91 Å². The van der Waals surface area contributed by atoms with Gasteiger partial charge in [0.2, 0.25) is 0 Å². The number of benzene rings is 2. The molecule has 0 aliphatic heterocycles. The smallest absolute Gasteiger partial charge is 0.289 e. The van der Waals surface area contributed by atoms with Crippen LogP contribution in [-0.4, -0.2) is 26.3 Å². The molecule has 2 aromatic carbocycles. The van der Waals surface area contributed by atoms with Crippen molar-refractivity contribution in [2.45, 2.75) is 17.2 Å². The van der Waals surface area contributed by atoms with Gasteiger partial charge in [0, 0.05) is 19.2 Å². The molecule has 0 N–H and O–H groups in total. The number of nitrogens with zero attached hydrogens (tertiary/aromatic N) is 1. The highest BCUT2D eigenvalue weighted by atomic mass is 32.2. The summed E-state index contributed by atoms with van der Waals surface area (Å²) in [6.45, 7) is 0.0733. The lowest BCUT2D eigenvalue weighted by Crippen LogP contribution is -2.26. The van der Waals surface area contributed by atoms with Gasteiger partial charge in [-0.15, -0.1) is 0 Å². The molecule has 0 saturated carbocycles. The fourth-order valence-electron chi connectivity index (χ4n) is 2.61. The Labute approximate surface area is 157 Å². The molecule has 0 spiro atoms. The van der Waals surface area contributed by atoms with Crippen LogP contribution in [0.3, 0.4) is 0 Å². The van der Waals surface area contributed by atoms with Crippen molar-refractivity contribution >= 4 is 15.7 Å². The van der Waals surface area contributed by atoms with Gasteiger partial charge in [0.15, 0.2) is 15.6 Å². The molecule has 140 valence electrons. The molecule has 1 heterocycles. The Hall–Kier alpha value is -2.93. The Kier molecular flexibility index (Phi) is 5.41. The van der Waals surface area contributed by atoms with Gasteiger partial charge in [0.1, 0.15) is 17.3 Å². The van der Waals surface area contributed by atoms with Crippen LogP contribution < -0.4 is 0 Å². The lowest BCUT2D eigenvalue weighted by Gasteiger charge is -2.16. The Morgan fingerprint density at radius 1 is 1.00 bits per heavy atom. The second-order valence-electron chi connectivity index (χ2n) is 6.09. The minimum absolute atomic E-state index is 0.00657. The van der Waals surface area contributed by atoms with E-state index < -0.39 is 21.6 Å². The number of rotatable bonds is 6. The van der Waals surface area contributed by atoms with Gasteiger partial charge in [0.05, 0.1) is 4.90 Å². The predicted octanol–water partition coefficient (Wildman–Crippen LogP) is 3.66. The van der Waals surface area contributed by atoms with Crippen LogP contribution in [0.1, 0.15) is 21.9 Å². The van der Waals surface area contributed by atoms with Gasteiger partial charge in [-0.1, -0.05) is 36.4 Å². The number of hydrogen-bond acceptors (Lipinski definition) is 4. The van der Waals surface area contributed by atoms with E-state index in [0.717, 1.165) is 0 Å². The average Bonchev–Trinajstić information content (AvgIpc) is 3.11. The van der Waals surface area contributed by atoms with E-state index in [2.05, 4.69) is 0 Å². The normalized spacial score (nSPS) is 11.3. The zero-order valence-electron chi connectivity index (χ0n) is 14.6. The molecule has 0 aliphatic carbocycles. The largest absolute Gasteiger partial charge is 0.455 e. The van der Waals surface area contributed by atoms with E-state index in [-0.39, 0.29) is 28.7 Å². The summed E-state index contributed by atoms with van der Waals surface area (Å²) in [6, 6.07) is 17.1. The summed E-state index contributed by atoms with van der Waals surface area (Å²) < 4.78 is 44.0. The first kappa shape index (κ1) is 18.8. The Bertz CT molecular complexity index is 1040. The van der Waals surface area contributed by atoms with Crippen molar-refractivity contribution in [2.24, 2.45) is 0 Å². The third-order valence-corrected chi connectivity index (χ3v) is 5.67. The van der Waals surface area contributed by atoms with Crippen LogP contribution in [0.4, 0.5) is 4.39 Å². The van der Waals surface area contributed by atoms with Crippen molar-refractivity contribution in [1.29, 1.82) is 0 Å². The van der Waals surface area contributed by atoms with Gasteiger partial charge in [-0.25, -0.2) is 12.8 Å². The molecule has 3 aromatic rings. The van der Waals surface area contributed by atoms with Gasteiger partial charge in [-0.2, -0.15) is 0 Å². The molecule has 0 atom stereocenters. The summed E-state index contributed by atoms with van der Waals surface area (Å²) in [5.41, 5.74) is 0.381. The van der Waals surface area contributed by atoms with Crippen LogP contribution in [0.15, 0.2) is 76.0 Å². The Balaban J connectivity index is 1.71. The van der Waals surface area contributed by atoms with Crippen molar-refractivity contribution in [3.8, 4) is 0 Å². The number of hydrogen-bond donors (Lipinski definition) is 0. The third kappa shape index (κ3) is 4.43. The molecule has 3 rings (SSSR count). The zero-order valence-corrected chi connectivity index (χ0v) is 15.4. The molecular formula is C20H18FNO4S. The summed E-state index contributed by atoms with van der Waals surface area (Å²) in [5, 5.41) is 0. The van der Waals surface area contributed by atoms with E-state index in [9.17, 15) is 17.6 Å². The molecule has 0 bridgehead atoms. The zero-order chi connectivity index (χ0) is 19.4. The first-order valence-corrected chi connectivity index (χ1v) is 9.87. The molecule has 27 heavy (non-hydrogen) atoms. The first-order chi connectivity index (χ1) is 12.9. The summed E-state index contributed by atoms with van der Waals surface area (Å²) in [6.07, 6.45) is 0. The van der Waals surface area contributed by atoms with Crippen LogP contribution >= 0.6 is 0 Å². The third-order valence-electron chi connectivity index (χ3n) is 4.02. The second kappa shape index (κ2) is 7.75. The second-order valence-corrected chi connectivity index (χ2v) is 8.08. The minimum atomic E-state index is -3.57. The van der Waals surface area contributed by atoms with Gasteiger partial charge in [-0.05, 0) is 30.3 Å². The monoisotopic (exact) mass is 387 g/mol. The topological polar surface area (TPSA) is 67.6 Å². The highest BCUT2D eigenvalue weighted by Gasteiger charge is 2.21. The maximum absolute atomic E-state index is 13.7. The molecule has 5 nitrogen and oxygen atoms in total. The van der Waals surface area contributed by atoms with Gasteiger partial charge < -0.3 is 9.32 Å². The lowest BCUT2D eigenvalue weighted by molar-refractivity contribution is 0.0750. The Morgan fingerprint density at radius 2 is 1.67 bits per heavy atom. The summed E-state index contributed by atoms with van der Waals surface area (Å²) >= 11 is 0. The molecule has 1 amide bonds. The van der Waals surface area contributed by atoms with Gasteiger partial charge in [-0.3, -0.25) is 4.79 Å². The highest BCUT2D eigenvalue weighted by molar-refractivity contribution is 7.90. The number of amides is 1. The SMILES string of the molecule is CN(Cc1ccccc1F)C(=O)c1ccc(CS(=O)(=O)c2ccccc2)o1. The van der Waals surface area contributed by atoms with E-state index in [4.69, 9.17) is 4.42 Å². The lowest BCUT2D eigenvalue weighted by atomic mass is 10.2. The van der Waals surface area contributed by atoms with Crippen molar-refractivity contribution in [3.05, 3.63) is 89.6 Å². The van der Waals surface area contributed by atoms with Gasteiger partial charge >= 0.3 is 0 Å². The molecule has 0 radical (unpaired) electrons. The van der Waals surface area contributed by atoms with Crippen LogP contribution in [0.25, 0.3) is 0 Å². The van der Waals surface area contributed by atoms with Crippen LogP contribution in [0.2, 0.25) is 0 Å². The number of sulfone groups is 1. The molecule has 0 fully saturated rings. The molecule has 7 heteroatoms. The maximum atomic E-state index is 13.7. The summed E-state index contributed by atoms with van der Waals surface area (Å²) in [7, 11) is -2.04. The standard InChI is InChI=1S/C20H18FNO4S/c1-22(13-15-7-5-6-10-18(15)21)20(23)19-12-11-16(26-19)14-27(24,25)17-8-3-2-4-9-17/h2-12H,13-14H2,1H3. The van der Waals surface area contributed by atoms with Crippen LogP contribution in [0, 0.1) is 5.82 Å². The van der Waals surface area contributed by atoms with Crippen molar-refractivity contribution < 1.29 is 22.0 Å². The number of carbonyl (C=O) groups is 1. The molecule has 0 unspecified atom stereocenters. The number of carbonyl (C=O) groups excluding carboxylic acids is 1. The fourth-order valence-corrected chi connectivity index (χ4v) is 3.88. The Morgan fingerprint density at radius 3 is 2.37 bits per heavy atom. The van der Waals surface area contributed by atoms with Crippen LogP contribution in [0.5, 0.6) is 0 Å². The molecule has 1 aromatic heterocycles. The van der Waals surface area contributed by atoms with E-state index in [1.54, 1.807) is 36.4 Å². The molecule has 0 aliphatic rings. The van der Waals surface area contributed by atoms with Crippen molar-refractivity contribution in [1.82, 2.24) is 4.90 Å². The molecule has 0 saturated heterocycles. The minimum Gasteiger partial charge on any atom is -0.455 e. The van der Waals surface area contributed by atoms with E-state index in [0.29, 0.717) is 5.56 Å². The first-order valence-electron chi connectivity index (χ1n) is 8.22. The van der Waals surface area contributed by atoms with Crippen molar-refractivity contribution in [2.75, 3.05) is 7.05 Å². The van der Waals surface area contributed by atoms with Crippen LogP contribution in [-0.2, 0) is 22.1 Å². The summed E-state index contributed by atoms with van der Waals surface area (Å²) in [4.78, 5) is 14.0. The predicted molar refractivity (Wildman–Crippen MR) is 98.2 cm³/mol. The quantitative estimate of drug-likeness (QED) is 0.647. The number of furan rings is 1. The fraction of sp³-hybridized carbons (Fsp3) is 0.150. The van der Waals surface area contributed by atoms with E-state index in [1.165, 1.54) is 42.3 Å². The van der Waals surface area contributed by atoms with E-state index >= 15 is 0 Å². The maximum Gasteiger partial charge on any atom is 0.289 e. The summed E-state index contributed by atoms with van der Waals surface area (Å²) in [5.74, 6) is -1.03. The average molecular weight is 387 g/mol. The number of halogens is 1. The van der Waals surface area contributed by atoms with E-state index in [1.807, 2.05) is 0 Å². The molecular weight excluding hydrogens is 369 g/mol.